The highest BCUT2D eigenvalue weighted by Crippen LogP contribution is 2.30. The Morgan fingerprint density at radius 1 is 1.46 bits per heavy atom. The Hall–Kier alpha value is -2.35. The SMILES string of the molecule is CC[C@H](C)NC(=O)Cn1c2ccc(F)cc2c2nc3n(c(=O)c21)CCS3. The molecule has 4 rings (SSSR count). The van der Waals surface area contributed by atoms with Gasteiger partial charge in [0.1, 0.15) is 23.4 Å². The van der Waals surface area contributed by atoms with Gasteiger partial charge in [-0.2, -0.15) is 0 Å². The van der Waals surface area contributed by atoms with Gasteiger partial charge in [0.25, 0.3) is 5.56 Å². The Labute approximate surface area is 153 Å². The maximum atomic E-state index is 13.8. The van der Waals surface area contributed by atoms with Gasteiger partial charge in [-0.3, -0.25) is 14.2 Å². The van der Waals surface area contributed by atoms with Crippen LogP contribution in [0.1, 0.15) is 20.3 Å². The van der Waals surface area contributed by atoms with Crippen molar-refractivity contribution >= 4 is 39.6 Å². The van der Waals surface area contributed by atoms with Crippen LogP contribution in [0.2, 0.25) is 0 Å². The molecule has 0 aliphatic carbocycles. The van der Waals surface area contributed by atoms with Crippen molar-refractivity contribution in [2.75, 3.05) is 5.75 Å². The van der Waals surface area contributed by atoms with Gasteiger partial charge in [-0.25, -0.2) is 9.37 Å². The molecule has 1 aliphatic rings. The highest BCUT2D eigenvalue weighted by molar-refractivity contribution is 7.99. The lowest BCUT2D eigenvalue weighted by Crippen LogP contribution is -2.35. The van der Waals surface area contributed by atoms with Crippen LogP contribution in [0.25, 0.3) is 21.9 Å². The summed E-state index contributed by atoms with van der Waals surface area (Å²) < 4.78 is 17.1. The molecule has 3 aromatic rings. The number of fused-ring (bicyclic) bond motifs is 4. The highest BCUT2D eigenvalue weighted by Gasteiger charge is 2.23. The number of carbonyl (C=O) groups excluding carboxylic acids is 1. The van der Waals surface area contributed by atoms with Gasteiger partial charge in [0, 0.05) is 23.7 Å². The normalized spacial score (nSPS) is 14.7. The summed E-state index contributed by atoms with van der Waals surface area (Å²) in [5.41, 5.74) is 1.28. The summed E-state index contributed by atoms with van der Waals surface area (Å²) in [7, 11) is 0. The molecule has 1 N–H and O–H groups in total. The molecule has 6 nitrogen and oxygen atoms in total. The molecule has 0 saturated carbocycles. The van der Waals surface area contributed by atoms with Gasteiger partial charge in [0.2, 0.25) is 5.91 Å². The van der Waals surface area contributed by atoms with Crippen molar-refractivity contribution in [3.63, 3.8) is 0 Å². The number of aromatic nitrogens is 3. The van der Waals surface area contributed by atoms with E-state index in [0.29, 0.717) is 33.6 Å². The molecule has 26 heavy (non-hydrogen) atoms. The van der Waals surface area contributed by atoms with E-state index in [0.717, 1.165) is 12.2 Å². The second-order valence-corrected chi connectivity index (χ2v) is 7.58. The number of amides is 1. The van der Waals surface area contributed by atoms with Crippen LogP contribution < -0.4 is 10.9 Å². The predicted molar refractivity (Wildman–Crippen MR) is 100 cm³/mol. The number of nitrogens with zero attached hydrogens (tertiary/aromatic N) is 3. The molecule has 1 atom stereocenters. The number of rotatable bonds is 4. The number of carbonyl (C=O) groups is 1. The zero-order valence-electron chi connectivity index (χ0n) is 14.6. The minimum atomic E-state index is -0.393. The fraction of sp³-hybridized carbons (Fsp3) is 0.389. The molecule has 8 heteroatoms. The van der Waals surface area contributed by atoms with E-state index in [1.165, 1.54) is 23.9 Å². The van der Waals surface area contributed by atoms with Gasteiger partial charge in [0.05, 0.1) is 5.52 Å². The quantitative estimate of drug-likeness (QED) is 0.713. The molecule has 0 unspecified atom stereocenters. The van der Waals surface area contributed by atoms with E-state index in [1.807, 2.05) is 13.8 Å². The van der Waals surface area contributed by atoms with E-state index in [2.05, 4.69) is 10.3 Å². The summed E-state index contributed by atoms with van der Waals surface area (Å²) >= 11 is 1.51. The lowest BCUT2D eigenvalue weighted by molar-refractivity contribution is -0.122. The van der Waals surface area contributed by atoms with Gasteiger partial charge < -0.3 is 9.88 Å². The fourth-order valence-electron chi connectivity index (χ4n) is 3.28. The fourth-order valence-corrected chi connectivity index (χ4v) is 4.22. The summed E-state index contributed by atoms with van der Waals surface area (Å²) in [5.74, 6) is 0.215. The van der Waals surface area contributed by atoms with E-state index < -0.39 is 5.82 Å². The van der Waals surface area contributed by atoms with Crippen molar-refractivity contribution in [2.24, 2.45) is 0 Å². The molecule has 136 valence electrons. The first-order chi connectivity index (χ1) is 12.5. The van der Waals surface area contributed by atoms with Crippen molar-refractivity contribution in [3.05, 3.63) is 34.4 Å². The highest BCUT2D eigenvalue weighted by atomic mass is 32.2. The van der Waals surface area contributed by atoms with Crippen LogP contribution in [0, 0.1) is 5.82 Å². The smallest absolute Gasteiger partial charge is 0.278 e. The van der Waals surface area contributed by atoms with E-state index in [9.17, 15) is 14.0 Å². The zero-order valence-corrected chi connectivity index (χ0v) is 15.4. The van der Waals surface area contributed by atoms with Crippen molar-refractivity contribution < 1.29 is 9.18 Å². The third kappa shape index (κ3) is 2.68. The summed E-state index contributed by atoms with van der Waals surface area (Å²) in [6.07, 6.45) is 0.819. The minimum Gasteiger partial charge on any atom is -0.352 e. The monoisotopic (exact) mass is 374 g/mol. The average molecular weight is 374 g/mol. The molecule has 2 aromatic heterocycles. The maximum absolute atomic E-state index is 13.8. The third-order valence-corrected chi connectivity index (χ3v) is 5.71. The Morgan fingerprint density at radius 3 is 3.04 bits per heavy atom. The number of nitrogens with one attached hydrogen (secondary N) is 1. The van der Waals surface area contributed by atoms with Crippen molar-refractivity contribution in [2.45, 2.75) is 44.6 Å². The van der Waals surface area contributed by atoms with Crippen molar-refractivity contribution in [1.82, 2.24) is 19.4 Å². The Kier molecular flexibility index (Phi) is 4.22. The molecule has 1 amide bonds. The first-order valence-corrected chi connectivity index (χ1v) is 9.62. The largest absolute Gasteiger partial charge is 0.352 e. The lowest BCUT2D eigenvalue weighted by atomic mass is 10.2. The average Bonchev–Trinajstić information content (AvgIpc) is 3.19. The van der Waals surface area contributed by atoms with Gasteiger partial charge >= 0.3 is 0 Å². The van der Waals surface area contributed by atoms with Gasteiger partial charge in [-0.1, -0.05) is 18.7 Å². The standard InChI is InChI=1S/C18H19FN4O2S/c1-3-10(2)20-14(24)9-23-13-5-4-11(19)8-12(13)15-16(23)17(25)22-6-7-26-18(22)21-15/h4-5,8,10H,3,6-7,9H2,1-2H3,(H,20,24)/t10-/m0/s1. The second-order valence-electron chi connectivity index (χ2n) is 6.52. The summed E-state index contributed by atoms with van der Waals surface area (Å²) in [5, 5.41) is 4.12. The minimum absolute atomic E-state index is 0.000613. The van der Waals surface area contributed by atoms with E-state index in [4.69, 9.17) is 0 Å². The number of benzene rings is 1. The second kappa shape index (κ2) is 6.42. The summed E-state index contributed by atoms with van der Waals surface area (Å²) in [4.78, 5) is 30.1. The Bertz CT molecular complexity index is 1090. The number of hydrogen-bond donors (Lipinski definition) is 1. The van der Waals surface area contributed by atoms with Gasteiger partial charge in [-0.05, 0) is 31.5 Å². The van der Waals surface area contributed by atoms with E-state index >= 15 is 0 Å². The molecule has 1 aromatic carbocycles. The lowest BCUT2D eigenvalue weighted by Gasteiger charge is -2.13. The van der Waals surface area contributed by atoms with Crippen LogP contribution in [0.3, 0.4) is 0 Å². The van der Waals surface area contributed by atoms with Gasteiger partial charge in [-0.15, -0.1) is 0 Å². The molecule has 0 bridgehead atoms. The van der Waals surface area contributed by atoms with Gasteiger partial charge in [0.15, 0.2) is 5.16 Å². The first-order valence-electron chi connectivity index (χ1n) is 8.64. The topological polar surface area (TPSA) is 68.9 Å². The molecule has 0 saturated heterocycles. The Morgan fingerprint density at radius 2 is 2.27 bits per heavy atom. The molecular formula is C18H19FN4O2S. The van der Waals surface area contributed by atoms with Crippen LogP contribution >= 0.6 is 11.8 Å². The van der Waals surface area contributed by atoms with Crippen LogP contribution in [0.5, 0.6) is 0 Å². The van der Waals surface area contributed by atoms with Crippen LogP contribution in [0.4, 0.5) is 4.39 Å². The van der Waals surface area contributed by atoms with Crippen LogP contribution in [-0.4, -0.2) is 31.8 Å². The molecule has 3 heterocycles. The predicted octanol–water partition coefficient (Wildman–Crippen LogP) is 2.51. The molecular weight excluding hydrogens is 355 g/mol. The van der Waals surface area contributed by atoms with Crippen molar-refractivity contribution in [1.29, 1.82) is 0 Å². The number of thioether (sulfide) groups is 1. The number of halogens is 1. The van der Waals surface area contributed by atoms with Crippen molar-refractivity contribution in [3.8, 4) is 0 Å². The molecule has 0 radical (unpaired) electrons. The van der Waals surface area contributed by atoms with Crippen LogP contribution in [-0.2, 0) is 17.9 Å². The maximum Gasteiger partial charge on any atom is 0.278 e. The third-order valence-electron chi connectivity index (χ3n) is 4.75. The summed E-state index contributed by atoms with van der Waals surface area (Å²) in [6.45, 7) is 4.52. The molecule has 0 spiro atoms. The number of hydrogen-bond acceptors (Lipinski definition) is 4. The molecule has 1 aliphatic heterocycles. The van der Waals surface area contributed by atoms with Crippen LogP contribution in [0.15, 0.2) is 28.2 Å². The van der Waals surface area contributed by atoms with E-state index in [-0.39, 0.29) is 24.1 Å². The first kappa shape index (κ1) is 17.1. The van der Waals surface area contributed by atoms with E-state index in [1.54, 1.807) is 15.2 Å². The Balaban J connectivity index is 1.95. The zero-order chi connectivity index (χ0) is 18.4. The summed E-state index contributed by atoms with van der Waals surface area (Å²) in [6, 6.07) is 4.37. The molecule has 0 fully saturated rings.